The van der Waals surface area contributed by atoms with Crippen molar-refractivity contribution in [2.75, 3.05) is 12.4 Å². The minimum Gasteiger partial charge on any atom is -0.464 e. The SMILES string of the molecule is COC(=O)c1cnc(NCc2ccc(Br)s2)cn1. The number of aromatic nitrogens is 2. The summed E-state index contributed by atoms with van der Waals surface area (Å²) in [6.07, 6.45) is 2.90. The molecule has 1 N–H and O–H groups in total. The molecule has 2 rings (SSSR count). The van der Waals surface area contributed by atoms with Gasteiger partial charge in [0.25, 0.3) is 0 Å². The number of hydrogen-bond donors (Lipinski definition) is 1. The zero-order valence-corrected chi connectivity index (χ0v) is 11.9. The smallest absolute Gasteiger partial charge is 0.358 e. The van der Waals surface area contributed by atoms with Crippen molar-refractivity contribution in [1.29, 1.82) is 0 Å². The van der Waals surface area contributed by atoms with E-state index >= 15 is 0 Å². The van der Waals surface area contributed by atoms with E-state index in [1.54, 1.807) is 11.3 Å². The number of anilines is 1. The minimum absolute atomic E-state index is 0.196. The van der Waals surface area contributed by atoms with E-state index in [2.05, 4.69) is 36.0 Å². The quantitative estimate of drug-likeness (QED) is 0.875. The third-order valence-corrected chi connectivity index (χ3v) is 3.74. The Morgan fingerprint density at radius 3 is 2.83 bits per heavy atom. The molecule has 0 spiro atoms. The normalized spacial score (nSPS) is 10.1. The molecule has 0 bridgehead atoms. The number of hydrogen-bond acceptors (Lipinski definition) is 6. The number of esters is 1. The lowest BCUT2D eigenvalue weighted by Crippen LogP contribution is -2.06. The van der Waals surface area contributed by atoms with Crippen LogP contribution in [0.4, 0.5) is 5.82 Å². The lowest BCUT2D eigenvalue weighted by molar-refractivity contribution is 0.0593. The summed E-state index contributed by atoms with van der Waals surface area (Å²) in [5.41, 5.74) is 0.196. The maximum Gasteiger partial charge on any atom is 0.358 e. The molecule has 2 aromatic heterocycles. The van der Waals surface area contributed by atoms with Crippen molar-refractivity contribution in [2.45, 2.75) is 6.54 Å². The van der Waals surface area contributed by atoms with Crippen LogP contribution in [0.5, 0.6) is 0 Å². The summed E-state index contributed by atoms with van der Waals surface area (Å²) in [6.45, 7) is 0.669. The zero-order chi connectivity index (χ0) is 13.0. The van der Waals surface area contributed by atoms with Crippen LogP contribution in [0.3, 0.4) is 0 Å². The monoisotopic (exact) mass is 327 g/mol. The van der Waals surface area contributed by atoms with Gasteiger partial charge in [-0.15, -0.1) is 11.3 Å². The van der Waals surface area contributed by atoms with Crippen molar-refractivity contribution in [1.82, 2.24) is 9.97 Å². The number of halogens is 1. The molecule has 0 saturated heterocycles. The van der Waals surface area contributed by atoms with Crippen molar-refractivity contribution >= 4 is 39.1 Å². The molecule has 0 amide bonds. The number of carbonyl (C=O) groups is 1. The van der Waals surface area contributed by atoms with E-state index < -0.39 is 5.97 Å². The number of methoxy groups -OCH3 is 1. The summed E-state index contributed by atoms with van der Waals surface area (Å²) in [6, 6.07) is 4.02. The second-order valence-electron chi connectivity index (χ2n) is 3.34. The molecule has 5 nitrogen and oxygen atoms in total. The van der Waals surface area contributed by atoms with E-state index in [-0.39, 0.29) is 5.69 Å². The Bertz CT molecular complexity index is 541. The Balaban J connectivity index is 1.96. The van der Waals surface area contributed by atoms with E-state index in [1.165, 1.54) is 24.4 Å². The highest BCUT2D eigenvalue weighted by Crippen LogP contribution is 2.22. The molecule has 2 heterocycles. The summed E-state index contributed by atoms with van der Waals surface area (Å²) >= 11 is 5.05. The van der Waals surface area contributed by atoms with Gasteiger partial charge in [-0.05, 0) is 28.1 Å². The van der Waals surface area contributed by atoms with Crippen LogP contribution in [0.25, 0.3) is 0 Å². The molecule has 0 unspecified atom stereocenters. The van der Waals surface area contributed by atoms with Gasteiger partial charge in [-0.1, -0.05) is 0 Å². The Morgan fingerprint density at radius 2 is 2.28 bits per heavy atom. The zero-order valence-electron chi connectivity index (χ0n) is 9.51. The molecule has 0 radical (unpaired) electrons. The Kier molecular flexibility index (Phi) is 4.27. The van der Waals surface area contributed by atoms with Crippen molar-refractivity contribution < 1.29 is 9.53 Å². The van der Waals surface area contributed by atoms with Crippen LogP contribution in [0.2, 0.25) is 0 Å². The van der Waals surface area contributed by atoms with Crippen LogP contribution in [-0.2, 0) is 11.3 Å². The second kappa shape index (κ2) is 5.92. The molecule has 0 aliphatic rings. The molecule has 0 atom stereocenters. The lowest BCUT2D eigenvalue weighted by atomic mass is 10.4. The maximum absolute atomic E-state index is 11.2. The molecule has 18 heavy (non-hydrogen) atoms. The molecule has 7 heteroatoms. The van der Waals surface area contributed by atoms with Crippen LogP contribution >= 0.6 is 27.3 Å². The molecule has 0 fully saturated rings. The van der Waals surface area contributed by atoms with Crippen LogP contribution in [0.1, 0.15) is 15.4 Å². The summed E-state index contributed by atoms with van der Waals surface area (Å²) < 4.78 is 5.63. The summed E-state index contributed by atoms with van der Waals surface area (Å²) in [5.74, 6) is 0.128. The molecular formula is C11H10BrN3O2S. The predicted octanol–water partition coefficient (Wildman–Crippen LogP) is 2.70. The van der Waals surface area contributed by atoms with Crippen LogP contribution < -0.4 is 5.32 Å². The number of rotatable bonds is 4. The fourth-order valence-corrected chi connectivity index (χ4v) is 2.68. The van der Waals surface area contributed by atoms with Crippen LogP contribution in [-0.4, -0.2) is 23.0 Å². The summed E-state index contributed by atoms with van der Waals surface area (Å²) in [4.78, 5) is 20.4. The number of thiophene rings is 1. The average Bonchev–Trinajstić information content (AvgIpc) is 2.82. The van der Waals surface area contributed by atoms with Crippen LogP contribution in [0.15, 0.2) is 28.3 Å². The fraction of sp³-hybridized carbons (Fsp3) is 0.182. The molecule has 2 aromatic rings. The van der Waals surface area contributed by atoms with Gasteiger partial charge < -0.3 is 10.1 Å². The van der Waals surface area contributed by atoms with Gasteiger partial charge in [0.15, 0.2) is 5.69 Å². The van der Waals surface area contributed by atoms with E-state index in [9.17, 15) is 4.79 Å². The first-order valence-electron chi connectivity index (χ1n) is 5.07. The molecule has 0 aliphatic heterocycles. The fourth-order valence-electron chi connectivity index (χ4n) is 1.25. The van der Waals surface area contributed by atoms with Crippen molar-refractivity contribution in [3.05, 3.63) is 38.9 Å². The van der Waals surface area contributed by atoms with Crippen LogP contribution in [0, 0.1) is 0 Å². The Hall–Kier alpha value is -1.47. The lowest BCUT2D eigenvalue weighted by Gasteiger charge is -2.03. The first-order valence-corrected chi connectivity index (χ1v) is 6.68. The Morgan fingerprint density at radius 1 is 1.44 bits per heavy atom. The summed E-state index contributed by atoms with van der Waals surface area (Å²) in [5, 5.41) is 3.12. The first-order chi connectivity index (χ1) is 8.69. The van der Waals surface area contributed by atoms with Gasteiger partial charge in [-0.3, -0.25) is 0 Å². The number of nitrogens with one attached hydrogen (secondary N) is 1. The van der Waals surface area contributed by atoms with Crippen molar-refractivity contribution in [2.24, 2.45) is 0 Å². The van der Waals surface area contributed by atoms with Crippen molar-refractivity contribution in [3.8, 4) is 0 Å². The minimum atomic E-state index is -0.490. The predicted molar refractivity (Wildman–Crippen MR) is 72.7 cm³/mol. The maximum atomic E-state index is 11.2. The molecule has 0 aromatic carbocycles. The van der Waals surface area contributed by atoms with Gasteiger partial charge in [0, 0.05) is 4.88 Å². The standard InChI is InChI=1S/C11H10BrN3O2S/c1-17-11(16)8-5-15-10(6-13-8)14-4-7-2-3-9(12)18-7/h2-3,5-6H,4H2,1H3,(H,14,15). The Labute approximate surface area is 116 Å². The van der Waals surface area contributed by atoms with Gasteiger partial charge in [-0.25, -0.2) is 14.8 Å². The highest BCUT2D eigenvalue weighted by Gasteiger charge is 2.07. The summed E-state index contributed by atoms with van der Waals surface area (Å²) in [7, 11) is 1.31. The third-order valence-electron chi connectivity index (χ3n) is 2.12. The topological polar surface area (TPSA) is 64.1 Å². The largest absolute Gasteiger partial charge is 0.464 e. The molecule has 0 saturated carbocycles. The van der Waals surface area contributed by atoms with E-state index in [0.717, 1.165) is 3.79 Å². The van der Waals surface area contributed by atoms with E-state index in [4.69, 9.17) is 0 Å². The highest BCUT2D eigenvalue weighted by atomic mass is 79.9. The van der Waals surface area contributed by atoms with Gasteiger partial charge in [-0.2, -0.15) is 0 Å². The molecule has 94 valence electrons. The van der Waals surface area contributed by atoms with E-state index in [1.807, 2.05) is 12.1 Å². The van der Waals surface area contributed by atoms with Gasteiger partial charge in [0.1, 0.15) is 5.82 Å². The third kappa shape index (κ3) is 3.27. The molecule has 0 aliphatic carbocycles. The van der Waals surface area contributed by atoms with Gasteiger partial charge in [0.2, 0.25) is 0 Å². The van der Waals surface area contributed by atoms with Crippen molar-refractivity contribution in [3.63, 3.8) is 0 Å². The second-order valence-corrected chi connectivity index (χ2v) is 5.89. The molecular weight excluding hydrogens is 318 g/mol. The van der Waals surface area contributed by atoms with Gasteiger partial charge >= 0.3 is 5.97 Å². The highest BCUT2D eigenvalue weighted by molar-refractivity contribution is 9.11. The number of carbonyl (C=O) groups excluding carboxylic acids is 1. The average molecular weight is 328 g/mol. The first kappa shape index (κ1) is 13.0. The van der Waals surface area contributed by atoms with Gasteiger partial charge in [0.05, 0.1) is 29.8 Å². The number of ether oxygens (including phenoxy) is 1. The van der Waals surface area contributed by atoms with E-state index in [0.29, 0.717) is 12.4 Å². The number of nitrogens with zero attached hydrogens (tertiary/aromatic N) is 2.